The molecule has 0 saturated carbocycles. The summed E-state index contributed by atoms with van der Waals surface area (Å²) >= 11 is 0. The van der Waals surface area contributed by atoms with Crippen molar-refractivity contribution in [2.75, 3.05) is 4.90 Å². The second kappa shape index (κ2) is 10.2. The van der Waals surface area contributed by atoms with Gasteiger partial charge >= 0.3 is 0 Å². The minimum absolute atomic E-state index is 0.626. The molecule has 0 atom stereocenters. The van der Waals surface area contributed by atoms with Gasteiger partial charge < -0.3 is 13.7 Å². The van der Waals surface area contributed by atoms with E-state index in [-0.39, 0.29) is 0 Å². The maximum atomic E-state index is 6.34. The Hall–Kier alpha value is -6.13. The van der Waals surface area contributed by atoms with Gasteiger partial charge in [-0.25, -0.2) is 4.98 Å². The molecule has 0 bridgehead atoms. The van der Waals surface area contributed by atoms with Crippen LogP contribution in [0.15, 0.2) is 167 Å². The molecule has 0 radical (unpaired) electrons. The molecule has 45 heavy (non-hydrogen) atoms. The summed E-state index contributed by atoms with van der Waals surface area (Å²) in [5, 5.41) is 4.32. The Morgan fingerprint density at radius 2 is 1.09 bits per heavy atom. The summed E-state index contributed by atoms with van der Waals surface area (Å²) in [5.41, 5.74) is 9.77. The van der Waals surface area contributed by atoms with Gasteiger partial charge in [0.15, 0.2) is 5.58 Å². The zero-order chi connectivity index (χ0) is 29.7. The van der Waals surface area contributed by atoms with Gasteiger partial charge in [0.25, 0.3) is 0 Å². The number of benzene rings is 7. The molecule has 212 valence electrons. The average molecular weight is 579 g/mol. The maximum absolute atomic E-state index is 6.34. The predicted octanol–water partition coefficient (Wildman–Crippen LogP) is 11.7. The third-order valence-corrected chi connectivity index (χ3v) is 8.46. The van der Waals surface area contributed by atoms with Gasteiger partial charge in [-0.3, -0.25) is 0 Å². The number of rotatable bonds is 5. The fourth-order valence-electron chi connectivity index (χ4n) is 6.30. The Morgan fingerprint density at radius 1 is 0.422 bits per heavy atom. The van der Waals surface area contributed by atoms with Crippen LogP contribution in [0.1, 0.15) is 0 Å². The first-order valence-electron chi connectivity index (χ1n) is 15.0. The number of oxazole rings is 1. The highest BCUT2D eigenvalue weighted by Gasteiger charge is 2.18. The summed E-state index contributed by atoms with van der Waals surface area (Å²) in [6.45, 7) is 0. The van der Waals surface area contributed by atoms with Gasteiger partial charge in [-0.05, 0) is 83.2 Å². The minimum atomic E-state index is 0.626. The highest BCUT2D eigenvalue weighted by molar-refractivity contribution is 6.07. The van der Waals surface area contributed by atoms with E-state index in [0.29, 0.717) is 5.89 Å². The summed E-state index contributed by atoms with van der Waals surface area (Å²) in [6.07, 6.45) is 0. The third kappa shape index (κ3) is 4.35. The molecular weight excluding hydrogens is 552 g/mol. The van der Waals surface area contributed by atoms with Gasteiger partial charge in [-0.1, -0.05) is 84.9 Å². The Balaban J connectivity index is 1.22. The normalized spacial score (nSPS) is 11.6. The van der Waals surface area contributed by atoms with E-state index in [1.165, 1.54) is 5.56 Å². The quantitative estimate of drug-likeness (QED) is 0.204. The van der Waals surface area contributed by atoms with E-state index in [1.54, 1.807) is 0 Å². The first kappa shape index (κ1) is 25.4. The topological polar surface area (TPSA) is 42.4 Å². The fraction of sp³-hybridized carbons (Fsp3) is 0. The highest BCUT2D eigenvalue weighted by Crippen LogP contribution is 2.41. The Morgan fingerprint density at radius 3 is 1.93 bits per heavy atom. The molecule has 0 amide bonds. The third-order valence-electron chi connectivity index (χ3n) is 8.46. The number of fused-ring (bicyclic) bond motifs is 6. The van der Waals surface area contributed by atoms with Gasteiger partial charge in [0.2, 0.25) is 5.89 Å². The SMILES string of the molecule is c1ccc(-c2cccc(N(c3ccc4c(ccc5nc(-c6ccccc6)oc54)c3)c3ccc4c(c3)oc3ccccc34)c2)cc1. The second-order valence-electron chi connectivity index (χ2n) is 11.2. The van der Waals surface area contributed by atoms with Crippen LogP contribution in [0.3, 0.4) is 0 Å². The monoisotopic (exact) mass is 578 g/mol. The lowest BCUT2D eigenvalue weighted by atomic mass is 10.0. The van der Waals surface area contributed by atoms with E-state index in [4.69, 9.17) is 13.8 Å². The van der Waals surface area contributed by atoms with Crippen molar-refractivity contribution in [1.29, 1.82) is 0 Å². The van der Waals surface area contributed by atoms with Gasteiger partial charge in [-0.2, -0.15) is 0 Å². The Bertz CT molecular complexity index is 2490. The largest absolute Gasteiger partial charge is 0.456 e. The minimum Gasteiger partial charge on any atom is -0.456 e. The van der Waals surface area contributed by atoms with Crippen molar-refractivity contribution in [2.45, 2.75) is 0 Å². The number of aromatic nitrogens is 1. The molecule has 0 aliphatic carbocycles. The molecule has 0 fully saturated rings. The lowest BCUT2D eigenvalue weighted by molar-refractivity contribution is 0.623. The number of nitrogens with zero attached hydrogens (tertiary/aromatic N) is 2. The van der Waals surface area contributed by atoms with Crippen LogP contribution in [0.5, 0.6) is 0 Å². The Labute approximate surface area is 259 Å². The van der Waals surface area contributed by atoms with Crippen LogP contribution < -0.4 is 4.90 Å². The second-order valence-corrected chi connectivity index (χ2v) is 11.2. The van der Waals surface area contributed by atoms with Gasteiger partial charge in [0.05, 0.1) is 0 Å². The van der Waals surface area contributed by atoms with Crippen LogP contribution in [0.4, 0.5) is 17.1 Å². The molecule has 0 aliphatic heterocycles. The van der Waals surface area contributed by atoms with E-state index in [0.717, 1.165) is 72.0 Å². The van der Waals surface area contributed by atoms with Crippen LogP contribution in [0.25, 0.3) is 66.4 Å². The first-order chi connectivity index (χ1) is 22.3. The van der Waals surface area contributed by atoms with Crippen molar-refractivity contribution < 1.29 is 8.83 Å². The van der Waals surface area contributed by atoms with Crippen molar-refractivity contribution in [1.82, 2.24) is 4.98 Å². The van der Waals surface area contributed by atoms with Crippen molar-refractivity contribution in [3.63, 3.8) is 0 Å². The number of anilines is 3. The molecule has 0 N–H and O–H groups in total. The van der Waals surface area contributed by atoms with Crippen molar-refractivity contribution in [3.05, 3.63) is 158 Å². The van der Waals surface area contributed by atoms with Crippen LogP contribution >= 0.6 is 0 Å². The molecular formula is C41H26N2O2. The maximum Gasteiger partial charge on any atom is 0.227 e. The van der Waals surface area contributed by atoms with Crippen LogP contribution in [-0.2, 0) is 0 Å². The van der Waals surface area contributed by atoms with Gasteiger partial charge in [-0.15, -0.1) is 0 Å². The summed E-state index contributed by atoms with van der Waals surface area (Å²) in [5.74, 6) is 0.626. The number of hydrogen-bond donors (Lipinski definition) is 0. The smallest absolute Gasteiger partial charge is 0.227 e. The molecule has 9 rings (SSSR count). The highest BCUT2D eigenvalue weighted by atomic mass is 16.3. The number of hydrogen-bond acceptors (Lipinski definition) is 4. The standard InChI is InChI=1S/C41H26N2O2/c1-3-10-27(11-4-1)29-14-9-15-31(24-29)43(33-20-22-36-35-16-7-8-17-38(35)44-39(36)26-33)32-19-21-34-30(25-32)18-23-37-40(34)45-41(42-37)28-12-5-2-6-13-28/h1-26H. The van der Waals surface area contributed by atoms with Crippen molar-refractivity contribution in [3.8, 4) is 22.6 Å². The molecule has 9 aromatic rings. The zero-order valence-corrected chi connectivity index (χ0v) is 24.2. The molecule has 2 heterocycles. The summed E-state index contributed by atoms with van der Waals surface area (Å²) in [4.78, 5) is 7.07. The van der Waals surface area contributed by atoms with Crippen molar-refractivity contribution >= 4 is 60.9 Å². The molecule has 4 nitrogen and oxygen atoms in total. The molecule has 2 aromatic heterocycles. The molecule has 4 heteroatoms. The lowest BCUT2D eigenvalue weighted by Crippen LogP contribution is -2.10. The fourth-order valence-corrected chi connectivity index (χ4v) is 6.30. The predicted molar refractivity (Wildman–Crippen MR) is 184 cm³/mol. The van der Waals surface area contributed by atoms with Gasteiger partial charge in [0, 0.05) is 44.9 Å². The number of furan rings is 1. The van der Waals surface area contributed by atoms with E-state index in [1.807, 2.05) is 54.6 Å². The van der Waals surface area contributed by atoms with E-state index in [2.05, 4.69) is 108 Å². The van der Waals surface area contributed by atoms with E-state index in [9.17, 15) is 0 Å². The average Bonchev–Trinajstić information content (AvgIpc) is 3.71. The zero-order valence-electron chi connectivity index (χ0n) is 24.2. The van der Waals surface area contributed by atoms with Gasteiger partial charge in [0.1, 0.15) is 16.7 Å². The Kier molecular flexibility index (Phi) is 5.78. The molecule has 0 aliphatic rings. The van der Waals surface area contributed by atoms with E-state index >= 15 is 0 Å². The molecule has 0 saturated heterocycles. The summed E-state index contributed by atoms with van der Waals surface area (Å²) in [7, 11) is 0. The van der Waals surface area contributed by atoms with Crippen molar-refractivity contribution in [2.24, 2.45) is 0 Å². The molecule has 0 unspecified atom stereocenters. The van der Waals surface area contributed by atoms with E-state index < -0.39 is 0 Å². The molecule has 0 spiro atoms. The van der Waals surface area contributed by atoms with Crippen LogP contribution in [0.2, 0.25) is 0 Å². The molecule has 7 aromatic carbocycles. The number of para-hydroxylation sites is 1. The lowest BCUT2D eigenvalue weighted by Gasteiger charge is -2.26. The summed E-state index contributed by atoms with van der Waals surface area (Å²) in [6, 6.07) is 54.6. The van der Waals surface area contributed by atoms with Crippen LogP contribution in [0, 0.1) is 0 Å². The summed E-state index contributed by atoms with van der Waals surface area (Å²) < 4.78 is 12.7. The van der Waals surface area contributed by atoms with Crippen LogP contribution in [-0.4, -0.2) is 4.98 Å². The first-order valence-corrected chi connectivity index (χ1v) is 15.0.